The first-order chi connectivity index (χ1) is 15.0. The Bertz CT molecular complexity index is 1290. The number of methoxy groups -OCH3 is 1. The fourth-order valence-electron chi connectivity index (χ4n) is 4.12. The molecule has 0 fully saturated rings. The van der Waals surface area contributed by atoms with Crippen LogP contribution in [0.5, 0.6) is 5.75 Å². The van der Waals surface area contributed by atoms with Crippen LogP contribution in [0.1, 0.15) is 11.1 Å². The van der Waals surface area contributed by atoms with Crippen molar-refractivity contribution in [3.05, 3.63) is 82.0 Å². The molecule has 0 unspecified atom stereocenters. The van der Waals surface area contributed by atoms with E-state index in [0.717, 1.165) is 57.5 Å². The monoisotopic (exact) mass is 415 g/mol. The van der Waals surface area contributed by atoms with Gasteiger partial charge in [-0.05, 0) is 62.5 Å². The van der Waals surface area contributed by atoms with E-state index in [4.69, 9.17) is 4.74 Å². The SMILES string of the molecule is COc1cccc(CNc2cccc3c2c(=O)c2cccc(C)c2n3CCN(C)C)c1. The lowest BCUT2D eigenvalue weighted by atomic mass is 10.0. The van der Waals surface area contributed by atoms with Gasteiger partial charge in [0.2, 0.25) is 0 Å². The number of pyridine rings is 1. The van der Waals surface area contributed by atoms with Crippen LogP contribution >= 0.6 is 0 Å². The van der Waals surface area contributed by atoms with E-state index in [2.05, 4.69) is 54.0 Å². The summed E-state index contributed by atoms with van der Waals surface area (Å²) in [5, 5.41) is 4.99. The number of nitrogens with zero attached hydrogens (tertiary/aromatic N) is 2. The van der Waals surface area contributed by atoms with Crippen molar-refractivity contribution in [2.45, 2.75) is 20.0 Å². The van der Waals surface area contributed by atoms with Crippen molar-refractivity contribution in [1.82, 2.24) is 9.47 Å². The van der Waals surface area contributed by atoms with Gasteiger partial charge in [0.15, 0.2) is 5.43 Å². The maximum absolute atomic E-state index is 13.6. The fraction of sp³-hybridized carbons (Fsp3) is 0.269. The van der Waals surface area contributed by atoms with E-state index < -0.39 is 0 Å². The van der Waals surface area contributed by atoms with Crippen LogP contribution in [0.3, 0.4) is 0 Å². The number of anilines is 1. The largest absolute Gasteiger partial charge is 0.497 e. The van der Waals surface area contributed by atoms with Crippen molar-refractivity contribution in [2.24, 2.45) is 0 Å². The van der Waals surface area contributed by atoms with Crippen LogP contribution in [0.25, 0.3) is 21.8 Å². The fourth-order valence-corrected chi connectivity index (χ4v) is 4.12. The third-order valence-electron chi connectivity index (χ3n) is 5.70. The minimum atomic E-state index is 0.0727. The molecule has 1 heterocycles. The summed E-state index contributed by atoms with van der Waals surface area (Å²) in [7, 11) is 5.81. The molecule has 0 atom stereocenters. The Hall–Kier alpha value is -3.31. The molecule has 31 heavy (non-hydrogen) atoms. The highest BCUT2D eigenvalue weighted by atomic mass is 16.5. The topological polar surface area (TPSA) is 46.5 Å². The van der Waals surface area contributed by atoms with Crippen LogP contribution in [0.2, 0.25) is 0 Å². The highest BCUT2D eigenvalue weighted by Gasteiger charge is 2.15. The van der Waals surface area contributed by atoms with Crippen LogP contribution in [0, 0.1) is 6.92 Å². The second-order valence-corrected chi connectivity index (χ2v) is 8.16. The molecule has 0 saturated carbocycles. The molecule has 1 N–H and O–H groups in total. The minimum Gasteiger partial charge on any atom is -0.497 e. The lowest BCUT2D eigenvalue weighted by Gasteiger charge is -2.20. The third-order valence-corrected chi connectivity index (χ3v) is 5.70. The number of ether oxygens (including phenoxy) is 1. The number of para-hydroxylation sites is 1. The zero-order chi connectivity index (χ0) is 22.0. The third kappa shape index (κ3) is 4.14. The molecule has 0 aliphatic heterocycles. The highest BCUT2D eigenvalue weighted by molar-refractivity contribution is 6.00. The lowest BCUT2D eigenvalue weighted by Crippen LogP contribution is -2.21. The maximum atomic E-state index is 13.6. The first-order valence-corrected chi connectivity index (χ1v) is 10.6. The lowest BCUT2D eigenvalue weighted by molar-refractivity contribution is 0.389. The summed E-state index contributed by atoms with van der Waals surface area (Å²) < 4.78 is 7.62. The van der Waals surface area contributed by atoms with Gasteiger partial charge in [0.1, 0.15) is 5.75 Å². The van der Waals surface area contributed by atoms with Crippen LogP contribution in [0.4, 0.5) is 5.69 Å². The molecule has 0 radical (unpaired) electrons. The molecule has 3 aromatic carbocycles. The molecule has 0 bridgehead atoms. The van der Waals surface area contributed by atoms with Crippen molar-refractivity contribution in [3.63, 3.8) is 0 Å². The van der Waals surface area contributed by atoms with Gasteiger partial charge in [0.25, 0.3) is 0 Å². The van der Waals surface area contributed by atoms with Crippen molar-refractivity contribution < 1.29 is 4.74 Å². The molecule has 4 aromatic rings. The molecular formula is C26H29N3O2. The van der Waals surface area contributed by atoms with Crippen LogP contribution < -0.4 is 15.5 Å². The van der Waals surface area contributed by atoms with Gasteiger partial charge >= 0.3 is 0 Å². The quantitative estimate of drug-likeness (QED) is 0.447. The standard InChI is InChI=1S/C26H29N3O2/c1-18-8-5-11-21-25(18)29(15-14-28(2)3)23-13-7-12-22(24(23)26(21)30)27-17-19-9-6-10-20(16-19)31-4/h5-13,16,27H,14-15,17H2,1-4H3. The van der Waals surface area contributed by atoms with Crippen molar-refractivity contribution in [1.29, 1.82) is 0 Å². The first kappa shape index (κ1) is 20.9. The molecule has 0 aliphatic carbocycles. The summed E-state index contributed by atoms with van der Waals surface area (Å²) >= 11 is 0. The van der Waals surface area contributed by atoms with Crippen LogP contribution in [-0.4, -0.2) is 37.2 Å². The molecule has 0 spiro atoms. The molecule has 5 heteroatoms. The Labute approximate surface area is 182 Å². The first-order valence-electron chi connectivity index (χ1n) is 10.6. The maximum Gasteiger partial charge on any atom is 0.199 e. The smallest absolute Gasteiger partial charge is 0.199 e. The van der Waals surface area contributed by atoms with E-state index >= 15 is 0 Å². The number of likely N-dealkylation sites (N-methyl/N-ethyl adjacent to an activating group) is 1. The number of fused-ring (bicyclic) bond motifs is 2. The zero-order valence-electron chi connectivity index (χ0n) is 18.6. The molecule has 1 aromatic heterocycles. The van der Waals surface area contributed by atoms with Crippen molar-refractivity contribution >= 4 is 27.5 Å². The Kier molecular flexibility index (Phi) is 5.96. The molecular weight excluding hydrogens is 386 g/mol. The van der Waals surface area contributed by atoms with E-state index in [-0.39, 0.29) is 5.43 Å². The Morgan fingerprint density at radius 2 is 1.81 bits per heavy atom. The summed E-state index contributed by atoms with van der Waals surface area (Å²) in [6.07, 6.45) is 0. The summed E-state index contributed by atoms with van der Waals surface area (Å²) in [6, 6.07) is 20.0. The molecule has 160 valence electrons. The number of nitrogens with one attached hydrogen (secondary N) is 1. The average Bonchev–Trinajstić information content (AvgIpc) is 2.77. The predicted molar refractivity (Wildman–Crippen MR) is 129 cm³/mol. The highest BCUT2D eigenvalue weighted by Crippen LogP contribution is 2.27. The number of hydrogen-bond acceptors (Lipinski definition) is 4. The van der Waals surface area contributed by atoms with Gasteiger partial charge in [-0.2, -0.15) is 0 Å². The van der Waals surface area contributed by atoms with E-state index in [1.807, 2.05) is 42.5 Å². The minimum absolute atomic E-state index is 0.0727. The van der Waals surface area contributed by atoms with Gasteiger partial charge in [-0.3, -0.25) is 4.79 Å². The van der Waals surface area contributed by atoms with E-state index in [1.165, 1.54) is 0 Å². The van der Waals surface area contributed by atoms with Gasteiger partial charge < -0.3 is 19.5 Å². The predicted octanol–water partition coefficient (Wildman–Crippen LogP) is 4.65. The van der Waals surface area contributed by atoms with Gasteiger partial charge in [0.05, 0.1) is 23.5 Å². The Morgan fingerprint density at radius 3 is 2.58 bits per heavy atom. The summed E-state index contributed by atoms with van der Waals surface area (Å²) in [5.41, 5.74) is 5.12. The Morgan fingerprint density at radius 1 is 1.03 bits per heavy atom. The van der Waals surface area contributed by atoms with Crippen LogP contribution in [-0.2, 0) is 13.1 Å². The molecule has 5 nitrogen and oxygen atoms in total. The van der Waals surface area contributed by atoms with E-state index in [9.17, 15) is 4.79 Å². The molecule has 0 saturated heterocycles. The van der Waals surface area contributed by atoms with Gasteiger partial charge in [-0.25, -0.2) is 0 Å². The van der Waals surface area contributed by atoms with Gasteiger partial charge in [0, 0.05) is 30.7 Å². The normalized spacial score (nSPS) is 11.4. The molecule has 4 rings (SSSR count). The summed E-state index contributed by atoms with van der Waals surface area (Å²) in [5.74, 6) is 0.824. The number of aromatic nitrogens is 1. The molecule has 0 aliphatic rings. The zero-order valence-corrected chi connectivity index (χ0v) is 18.6. The number of hydrogen-bond donors (Lipinski definition) is 1. The van der Waals surface area contributed by atoms with E-state index in [1.54, 1.807) is 7.11 Å². The number of aryl methyl sites for hydroxylation is 1. The number of benzene rings is 3. The summed E-state index contributed by atoms with van der Waals surface area (Å²) in [6.45, 7) is 4.39. The average molecular weight is 416 g/mol. The van der Waals surface area contributed by atoms with Crippen molar-refractivity contribution in [2.75, 3.05) is 33.1 Å². The Balaban J connectivity index is 1.86. The summed E-state index contributed by atoms with van der Waals surface area (Å²) in [4.78, 5) is 15.7. The second-order valence-electron chi connectivity index (χ2n) is 8.16. The van der Waals surface area contributed by atoms with E-state index in [0.29, 0.717) is 6.54 Å². The van der Waals surface area contributed by atoms with Crippen molar-refractivity contribution in [3.8, 4) is 5.75 Å². The second kappa shape index (κ2) is 8.82. The van der Waals surface area contributed by atoms with Gasteiger partial charge in [-0.15, -0.1) is 0 Å². The number of rotatable bonds is 7. The molecule has 0 amide bonds. The van der Waals surface area contributed by atoms with Gasteiger partial charge in [-0.1, -0.05) is 30.3 Å². The van der Waals surface area contributed by atoms with Crippen LogP contribution in [0.15, 0.2) is 65.5 Å².